The molecule has 0 saturated heterocycles. The molecular formula is C10H9ClO2. The van der Waals surface area contributed by atoms with Crippen LogP contribution in [0, 0.1) is 0 Å². The molecule has 0 N–H and O–H groups in total. The predicted molar refractivity (Wildman–Crippen MR) is 52.9 cm³/mol. The summed E-state index contributed by atoms with van der Waals surface area (Å²) in [5.41, 5.74) is 0.883. The number of hydrogen-bond acceptors (Lipinski definition) is 2. The van der Waals surface area contributed by atoms with Crippen LogP contribution in [0.15, 0.2) is 30.3 Å². The molecule has 0 aliphatic heterocycles. The van der Waals surface area contributed by atoms with Gasteiger partial charge < -0.3 is 4.74 Å². The molecule has 3 heteroatoms. The highest BCUT2D eigenvalue weighted by molar-refractivity contribution is 6.66. The predicted octanol–water partition coefficient (Wildman–Crippen LogP) is 2.47. The van der Waals surface area contributed by atoms with E-state index in [1.54, 1.807) is 13.2 Å². The van der Waals surface area contributed by atoms with Crippen LogP contribution in [0.5, 0.6) is 5.75 Å². The number of hydrogen-bond donors (Lipinski definition) is 0. The molecule has 0 aliphatic carbocycles. The summed E-state index contributed by atoms with van der Waals surface area (Å²) < 4.78 is 5.01. The number of ether oxygens (including phenoxy) is 1. The lowest BCUT2D eigenvalue weighted by Gasteiger charge is -1.99. The first kappa shape index (κ1) is 9.81. The number of halogens is 1. The van der Waals surface area contributed by atoms with E-state index in [9.17, 15) is 4.79 Å². The highest BCUT2D eigenvalue weighted by Crippen LogP contribution is 2.13. The Morgan fingerprint density at radius 1 is 1.54 bits per heavy atom. The molecule has 0 fully saturated rings. The summed E-state index contributed by atoms with van der Waals surface area (Å²) in [6, 6.07) is 7.35. The third-order valence-electron chi connectivity index (χ3n) is 1.50. The maximum absolute atomic E-state index is 10.4. The molecule has 0 bridgehead atoms. The summed E-state index contributed by atoms with van der Waals surface area (Å²) in [6.07, 6.45) is 2.94. The highest BCUT2D eigenvalue weighted by atomic mass is 35.5. The number of carbonyl (C=O) groups is 1. The van der Waals surface area contributed by atoms with Crippen LogP contribution >= 0.6 is 11.6 Å². The van der Waals surface area contributed by atoms with Crippen LogP contribution in [0.1, 0.15) is 5.56 Å². The van der Waals surface area contributed by atoms with Crippen molar-refractivity contribution in [2.45, 2.75) is 0 Å². The van der Waals surface area contributed by atoms with Crippen molar-refractivity contribution in [3.05, 3.63) is 35.9 Å². The molecular weight excluding hydrogens is 188 g/mol. The van der Waals surface area contributed by atoms with E-state index in [0.717, 1.165) is 11.3 Å². The number of rotatable bonds is 3. The van der Waals surface area contributed by atoms with E-state index in [4.69, 9.17) is 16.3 Å². The number of allylic oxidation sites excluding steroid dienone is 1. The van der Waals surface area contributed by atoms with Gasteiger partial charge in [0.25, 0.3) is 0 Å². The lowest BCUT2D eigenvalue weighted by atomic mass is 10.2. The number of carbonyl (C=O) groups excluding carboxylic acids is 1. The maximum Gasteiger partial charge on any atom is 0.245 e. The summed E-state index contributed by atoms with van der Waals surface area (Å²) in [7, 11) is 1.59. The van der Waals surface area contributed by atoms with Gasteiger partial charge in [0.15, 0.2) is 0 Å². The van der Waals surface area contributed by atoms with Gasteiger partial charge in [0.1, 0.15) is 5.75 Å². The highest BCUT2D eigenvalue weighted by Gasteiger charge is 1.92. The second-order valence-electron chi connectivity index (χ2n) is 2.41. The Hall–Kier alpha value is -1.28. The van der Waals surface area contributed by atoms with E-state index in [-0.39, 0.29) is 0 Å². The van der Waals surface area contributed by atoms with Crippen molar-refractivity contribution in [2.75, 3.05) is 7.11 Å². The number of benzene rings is 1. The lowest BCUT2D eigenvalue weighted by molar-refractivity contribution is -0.107. The molecule has 1 aromatic carbocycles. The molecule has 13 heavy (non-hydrogen) atoms. The van der Waals surface area contributed by atoms with Crippen molar-refractivity contribution in [3.8, 4) is 5.75 Å². The summed E-state index contributed by atoms with van der Waals surface area (Å²) in [4.78, 5) is 10.4. The topological polar surface area (TPSA) is 26.3 Å². The quantitative estimate of drug-likeness (QED) is 0.549. The van der Waals surface area contributed by atoms with Gasteiger partial charge in [-0.15, -0.1) is 0 Å². The van der Waals surface area contributed by atoms with Crippen molar-refractivity contribution in [2.24, 2.45) is 0 Å². The van der Waals surface area contributed by atoms with Gasteiger partial charge in [-0.05, 0) is 35.4 Å². The molecule has 0 amide bonds. The van der Waals surface area contributed by atoms with Gasteiger partial charge in [-0.25, -0.2) is 0 Å². The van der Waals surface area contributed by atoms with E-state index in [2.05, 4.69) is 0 Å². The Balaban J connectivity index is 2.83. The molecule has 0 saturated carbocycles. The van der Waals surface area contributed by atoms with Gasteiger partial charge in [-0.3, -0.25) is 4.79 Å². The van der Waals surface area contributed by atoms with Gasteiger partial charge in [0.05, 0.1) is 7.11 Å². The smallest absolute Gasteiger partial charge is 0.245 e. The standard InChI is InChI=1S/C10H9ClO2/c1-13-9-4-2-3-8(7-9)5-6-10(11)12/h2-7H,1H3. The van der Waals surface area contributed by atoms with E-state index in [1.807, 2.05) is 24.3 Å². The summed E-state index contributed by atoms with van der Waals surface area (Å²) in [5.74, 6) is 0.754. The van der Waals surface area contributed by atoms with Crippen LogP contribution in [0.2, 0.25) is 0 Å². The molecule has 0 atom stereocenters. The summed E-state index contributed by atoms with van der Waals surface area (Å²) in [6.45, 7) is 0. The van der Waals surface area contributed by atoms with Crippen molar-refractivity contribution in [1.29, 1.82) is 0 Å². The van der Waals surface area contributed by atoms with Gasteiger partial charge in [0.2, 0.25) is 5.24 Å². The molecule has 68 valence electrons. The Kier molecular flexibility index (Phi) is 3.53. The van der Waals surface area contributed by atoms with Crippen LogP contribution in [-0.4, -0.2) is 12.4 Å². The third-order valence-corrected chi connectivity index (χ3v) is 1.63. The fourth-order valence-corrected chi connectivity index (χ4v) is 0.970. The zero-order chi connectivity index (χ0) is 9.68. The minimum atomic E-state index is -0.484. The molecule has 0 radical (unpaired) electrons. The SMILES string of the molecule is COc1cccc(C=CC(=O)Cl)c1. The first-order chi connectivity index (χ1) is 6.22. The molecule has 0 unspecified atom stereocenters. The molecule has 1 rings (SSSR count). The Morgan fingerprint density at radius 3 is 2.92 bits per heavy atom. The molecule has 2 nitrogen and oxygen atoms in total. The van der Waals surface area contributed by atoms with Crippen LogP contribution in [-0.2, 0) is 4.79 Å². The summed E-state index contributed by atoms with van der Waals surface area (Å²) >= 11 is 5.14. The second-order valence-corrected chi connectivity index (χ2v) is 2.79. The largest absolute Gasteiger partial charge is 0.497 e. The van der Waals surface area contributed by atoms with Crippen molar-refractivity contribution < 1.29 is 9.53 Å². The average molecular weight is 197 g/mol. The summed E-state index contributed by atoms with van der Waals surface area (Å²) in [5, 5.41) is -0.484. The average Bonchev–Trinajstić information content (AvgIpc) is 2.15. The van der Waals surface area contributed by atoms with Crippen molar-refractivity contribution in [1.82, 2.24) is 0 Å². The fraction of sp³-hybridized carbons (Fsp3) is 0.100. The Labute approximate surface area is 81.8 Å². The molecule has 1 aromatic rings. The van der Waals surface area contributed by atoms with Crippen LogP contribution in [0.3, 0.4) is 0 Å². The maximum atomic E-state index is 10.4. The van der Waals surface area contributed by atoms with Gasteiger partial charge in [-0.2, -0.15) is 0 Å². The van der Waals surface area contributed by atoms with E-state index in [1.165, 1.54) is 6.08 Å². The minimum Gasteiger partial charge on any atom is -0.497 e. The minimum absolute atomic E-state index is 0.484. The van der Waals surface area contributed by atoms with E-state index >= 15 is 0 Å². The molecule has 0 aromatic heterocycles. The van der Waals surface area contributed by atoms with Crippen LogP contribution in [0.25, 0.3) is 6.08 Å². The second kappa shape index (κ2) is 4.67. The molecule has 0 heterocycles. The molecule has 0 spiro atoms. The first-order valence-corrected chi connectivity index (χ1v) is 4.12. The monoisotopic (exact) mass is 196 g/mol. The Morgan fingerprint density at radius 2 is 2.31 bits per heavy atom. The van der Waals surface area contributed by atoms with Gasteiger partial charge in [-0.1, -0.05) is 18.2 Å². The zero-order valence-electron chi connectivity index (χ0n) is 7.16. The van der Waals surface area contributed by atoms with Crippen molar-refractivity contribution >= 4 is 22.9 Å². The van der Waals surface area contributed by atoms with Crippen LogP contribution < -0.4 is 4.74 Å². The van der Waals surface area contributed by atoms with Crippen molar-refractivity contribution in [3.63, 3.8) is 0 Å². The first-order valence-electron chi connectivity index (χ1n) is 3.74. The zero-order valence-corrected chi connectivity index (χ0v) is 7.91. The van der Waals surface area contributed by atoms with Gasteiger partial charge in [0, 0.05) is 0 Å². The van der Waals surface area contributed by atoms with E-state index < -0.39 is 5.24 Å². The van der Waals surface area contributed by atoms with E-state index in [0.29, 0.717) is 0 Å². The molecule has 0 aliphatic rings. The normalized spacial score (nSPS) is 10.3. The Bertz CT molecular complexity index is 331. The van der Waals surface area contributed by atoms with Gasteiger partial charge >= 0.3 is 0 Å². The fourth-order valence-electron chi connectivity index (χ4n) is 0.907. The van der Waals surface area contributed by atoms with Crippen LogP contribution in [0.4, 0.5) is 0 Å². The third kappa shape index (κ3) is 3.30. The number of methoxy groups -OCH3 is 1. The lowest BCUT2D eigenvalue weighted by Crippen LogP contribution is -1.82.